The molecule has 0 saturated carbocycles. The van der Waals surface area contributed by atoms with E-state index < -0.39 is 19.2 Å². The average Bonchev–Trinajstić information content (AvgIpc) is 2.86. The van der Waals surface area contributed by atoms with E-state index in [0.717, 1.165) is 24.2 Å². The fourth-order valence-electron chi connectivity index (χ4n) is 2.67. The molecule has 4 heteroatoms. The van der Waals surface area contributed by atoms with Crippen LogP contribution in [0.3, 0.4) is 0 Å². The summed E-state index contributed by atoms with van der Waals surface area (Å²) in [5.74, 6) is 0. The Bertz CT molecular complexity index is 403. The van der Waals surface area contributed by atoms with Crippen molar-refractivity contribution < 1.29 is 6.15 Å². The first-order valence-corrected chi connectivity index (χ1v) is 13.0. The zero-order valence-corrected chi connectivity index (χ0v) is 15.2. The molecule has 0 radical (unpaired) electrons. The summed E-state index contributed by atoms with van der Waals surface area (Å²) in [4.78, 5) is 2.22. The van der Waals surface area contributed by atoms with E-state index in [1.54, 1.807) is 0 Å². The van der Waals surface area contributed by atoms with Crippen LogP contribution < -0.4 is 3.58 Å². The van der Waals surface area contributed by atoms with Crippen LogP contribution in [0.2, 0.25) is 4.44 Å². The van der Waals surface area contributed by atoms with Gasteiger partial charge in [-0.3, -0.25) is 0 Å². The summed E-state index contributed by atoms with van der Waals surface area (Å²) in [5, 5.41) is 0. The van der Waals surface area contributed by atoms with Crippen LogP contribution >= 0.6 is 0 Å². The third-order valence-corrected chi connectivity index (χ3v) is 14.0. The van der Waals surface area contributed by atoms with E-state index in [4.69, 9.17) is 6.15 Å². The Morgan fingerprint density at radius 2 is 1.84 bits per heavy atom. The van der Waals surface area contributed by atoms with E-state index in [0.29, 0.717) is 0 Å². The number of unbranched alkanes of at least 4 members (excludes halogenated alkanes) is 1. The molecule has 0 atom stereocenters. The van der Waals surface area contributed by atoms with Gasteiger partial charge < -0.3 is 0 Å². The summed E-state index contributed by atoms with van der Waals surface area (Å²) in [7, 11) is 4.22. The van der Waals surface area contributed by atoms with E-state index in [1.807, 2.05) is 0 Å². The summed E-state index contributed by atoms with van der Waals surface area (Å²) in [5.41, 5.74) is 1.39. The molecule has 1 aliphatic rings. The Morgan fingerprint density at radius 1 is 1.16 bits per heavy atom. The predicted molar refractivity (Wildman–Crippen MR) is 80.8 cm³/mol. The van der Waals surface area contributed by atoms with Crippen molar-refractivity contribution in [2.45, 2.75) is 30.7 Å². The molecule has 0 amide bonds. The molecule has 0 spiro atoms. The third-order valence-electron chi connectivity index (χ3n) is 3.53. The van der Waals surface area contributed by atoms with Crippen molar-refractivity contribution in [3.05, 3.63) is 29.8 Å². The third kappa shape index (κ3) is 3.71. The maximum atomic E-state index is 6.22. The van der Waals surface area contributed by atoms with Gasteiger partial charge in [0.25, 0.3) is 0 Å². The quantitative estimate of drug-likeness (QED) is 0.718. The second-order valence-electron chi connectivity index (χ2n) is 5.45. The Hall–Kier alpha value is -0.101. The van der Waals surface area contributed by atoms with Crippen molar-refractivity contribution in [1.82, 2.24) is 4.90 Å². The molecule has 0 unspecified atom stereocenters. The normalized spacial score (nSPS) is 18.1. The van der Waals surface area contributed by atoms with Gasteiger partial charge in [-0.2, -0.15) is 0 Å². The minimum atomic E-state index is -3.02. The first kappa shape index (κ1) is 15.3. The van der Waals surface area contributed by atoms with Crippen molar-refractivity contribution in [2.75, 3.05) is 27.3 Å². The fraction of sp³-hybridized carbons (Fsp3) is 0.600. The molecule has 0 bridgehead atoms. The number of hydrogen-bond acceptors (Lipinski definition) is 3. The zero-order valence-electron chi connectivity index (χ0n) is 12.3. The zero-order chi connectivity index (χ0) is 13.7. The van der Waals surface area contributed by atoms with Crippen LogP contribution in [0.1, 0.15) is 25.3 Å². The molecular formula is C15H25NO2Sn. The summed E-state index contributed by atoms with van der Waals surface area (Å²) < 4.78 is 15.0. The second kappa shape index (κ2) is 7.06. The van der Waals surface area contributed by atoms with Gasteiger partial charge in [-0.25, -0.2) is 0 Å². The number of hydrogen-bond donors (Lipinski definition) is 0. The van der Waals surface area contributed by atoms with E-state index >= 15 is 0 Å². The van der Waals surface area contributed by atoms with E-state index in [2.05, 4.69) is 50.2 Å². The summed E-state index contributed by atoms with van der Waals surface area (Å²) in [6, 6.07) is 8.72. The standard InChI is InChI=1S/C9H12N.C4H9.C2H4O2.Sn/c1-10(2)8-9-6-4-3-5-7-9;1-3-4-2;3-1-2-4;/h3-6H,8H2,1-2H3;1,3-4H2,2H3;1-2H2;/q;;-2;+2. The molecule has 1 aromatic carbocycles. The molecule has 106 valence electrons. The van der Waals surface area contributed by atoms with Crippen molar-refractivity contribution >= 4 is 22.8 Å². The molecule has 0 aromatic heterocycles. The molecule has 19 heavy (non-hydrogen) atoms. The van der Waals surface area contributed by atoms with Gasteiger partial charge >= 0.3 is 122 Å². The Kier molecular flexibility index (Phi) is 5.69. The fourth-order valence-corrected chi connectivity index (χ4v) is 12.9. The molecule has 1 fully saturated rings. The van der Waals surface area contributed by atoms with E-state index in [1.165, 1.54) is 22.0 Å². The molecule has 1 saturated heterocycles. The van der Waals surface area contributed by atoms with Crippen LogP contribution in [0.25, 0.3) is 0 Å². The molecule has 3 nitrogen and oxygen atoms in total. The number of nitrogens with zero attached hydrogens (tertiary/aromatic N) is 1. The topological polar surface area (TPSA) is 21.7 Å². The number of benzene rings is 1. The van der Waals surface area contributed by atoms with Crippen LogP contribution in [0.5, 0.6) is 0 Å². The molecule has 2 rings (SSSR count). The minimum absolute atomic E-state index is 0.788. The Balaban J connectivity index is 2.30. The molecule has 1 heterocycles. The number of rotatable bonds is 6. The first-order chi connectivity index (χ1) is 9.18. The van der Waals surface area contributed by atoms with E-state index in [9.17, 15) is 0 Å². The predicted octanol–water partition coefficient (Wildman–Crippen LogP) is 2.24. The maximum absolute atomic E-state index is 6.22. The van der Waals surface area contributed by atoms with Gasteiger partial charge in [0.05, 0.1) is 0 Å². The van der Waals surface area contributed by atoms with Gasteiger partial charge in [0.15, 0.2) is 0 Å². The van der Waals surface area contributed by atoms with Crippen LogP contribution in [0.4, 0.5) is 0 Å². The van der Waals surface area contributed by atoms with Gasteiger partial charge in [-0.1, -0.05) is 0 Å². The van der Waals surface area contributed by atoms with Crippen molar-refractivity contribution in [2.24, 2.45) is 0 Å². The molecular weight excluding hydrogens is 345 g/mol. The Morgan fingerprint density at radius 3 is 2.47 bits per heavy atom. The van der Waals surface area contributed by atoms with Crippen LogP contribution in [0.15, 0.2) is 24.3 Å². The summed E-state index contributed by atoms with van der Waals surface area (Å²) in [6.07, 6.45) is 2.42. The first-order valence-electron chi connectivity index (χ1n) is 7.19. The average molecular weight is 370 g/mol. The van der Waals surface area contributed by atoms with Gasteiger partial charge in [0.2, 0.25) is 0 Å². The van der Waals surface area contributed by atoms with Crippen LogP contribution in [-0.4, -0.2) is 51.4 Å². The monoisotopic (exact) mass is 371 g/mol. The summed E-state index contributed by atoms with van der Waals surface area (Å²) in [6.45, 7) is 4.78. The summed E-state index contributed by atoms with van der Waals surface area (Å²) >= 11 is -3.02. The molecule has 0 aliphatic carbocycles. The van der Waals surface area contributed by atoms with Crippen molar-refractivity contribution in [3.63, 3.8) is 0 Å². The SMILES string of the molecule is CCC[CH2][Sn]1([c]2ccccc2CN(C)C)[O]CC[O]1. The Labute approximate surface area is 121 Å². The molecule has 0 N–H and O–H groups in total. The second-order valence-corrected chi connectivity index (χ2v) is 14.4. The van der Waals surface area contributed by atoms with Crippen LogP contribution in [0, 0.1) is 0 Å². The van der Waals surface area contributed by atoms with Gasteiger partial charge in [0, 0.05) is 0 Å². The van der Waals surface area contributed by atoms with E-state index in [-0.39, 0.29) is 0 Å². The van der Waals surface area contributed by atoms with Gasteiger partial charge in [-0.05, 0) is 0 Å². The van der Waals surface area contributed by atoms with Crippen molar-refractivity contribution in [1.29, 1.82) is 0 Å². The molecule has 1 aliphatic heterocycles. The van der Waals surface area contributed by atoms with Crippen LogP contribution in [-0.2, 0) is 12.7 Å². The van der Waals surface area contributed by atoms with Crippen molar-refractivity contribution in [3.8, 4) is 0 Å². The van der Waals surface area contributed by atoms with Gasteiger partial charge in [-0.15, -0.1) is 0 Å². The van der Waals surface area contributed by atoms with Gasteiger partial charge in [0.1, 0.15) is 0 Å². The molecule has 1 aromatic rings.